The van der Waals surface area contributed by atoms with Gasteiger partial charge in [-0.1, -0.05) is 19.1 Å². The highest BCUT2D eigenvalue weighted by Crippen LogP contribution is 2.14. The summed E-state index contributed by atoms with van der Waals surface area (Å²) < 4.78 is 11.0. The summed E-state index contributed by atoms with van der Waals surface area (Å²) in [5.74, 6) is 0. The molecule has 0 aromatic carbocycles. The Hall–Kier alpha value is -0.340. The third-order valence-electron chi connectivity index (χ3n) is 2.40. The molecule has 0 aromatic rings. The minimum Gasteiger partial charge on any atom is -0.353 e. The highest BCUT2D eigenvalue weighted by atomic mass is 16.7. The summed E-state index contributed by atoms with van der Waals surface area (Å²) in [7, 11) is 0. The summed E-state index contributed by atoms with van der Waals surface area (Å²) in [6.45, 7) is 7.68. The van der Waals surface area contributed by atoms with E-state index in [2.05, 4.69) is 13.5 Å². The summed E-state index contributed by atoms with van der Waals surface area (Å²) in [4.78, 5) is 0. The fraction of sp³-hybridized carbons (Fsp3) is 0.818. The van der Waals surface area contributed by atoms with Crippen molar-refractivity contribution in [2.75, 3.05) is 13.2 Å². The van der Waals surface area contributed by atoms with Crippen LogP contribution in [0.3, 0.4) is 0 Å². The van der Waals surface area contributed by atoms with Gasteiger partial charge in [-0.15, -0.1) is 0 Å². The van der Waals surface area contributed by atoms with E-state index in [1.807, 2.05) is 0 Å². The Morgan fingerprint density at radius 2 is 2.38 bits per heavy atom. The van der Waals surface area contributed by atoms with Crippen molar-refractivity contribution in [1.29, 1.82) is 0 Å². The maximum Gasteiger partial charge on any atom is 0.157 e. The quantitative estimate of drug-likeness (QED) is 0.612. The largest absolute Gasteiger partial charge is 0.353 e. The number of rotatable bonds is 5. The first-order valence-corrected chi connectivity index (χ1v) is 5.22. The van der Waals surface area contributed by atoms with Crippen molar-refractivity contribution >= 4 is 0 Å². The third-order valence-corrected chi connectivity index (χ3v) is 2.40. The Labute approximate surface area is 80.9 Å². The van der Waals surface area contributed by atoms with Crippen LogP contribution in [0.25, 0.3) is 0 Å². The normalized spacial score (nSPS) is 23.0. The van der Waals surface area contributed by atoms with Crippen molar-refractivity contribution in [3.05, 3.63) is 12.2 Å². The lowest BCUT2D eigenvalue weighted by atomic mass is 10.2. The molecule has 76 valence electrons. The van der Waals surface area contributed by atoms with Gasteiger partial charge in [-0.2, -0.15) is 0 Å². The van der Waals surface area contributed by atoms with Crippen LogP contribution in [-0.2, 0) is 9.47 Å². The van der Waals surface area contributed by atoms with Crippen molar-refractivity contribution in [3.8, 4) is 0 Å². The molecular formula is C11H20O2. The predicted molar refractivity (Wildman–Crippen MR) is 53.6 cm³/mol. The van der Waals surface area contributed by atoms with Crippen LogP contribution in [0.5, 0.6) is 0 Å². The fourth-order valence-electron chi connectivity index (χ4n) is 1.35. The summed E-state index contributed by atoms with van der Waals surface area (Å²) in [6, 6.07) is 0. The molecule has 1 fully saturated rings. The van der Waals surface area contributed by atoms with E-state index in [9.17, 15) is 0 Å². The third kappa shape index (κ3) is 4.44. The number of ether oxygens (including phenoxy) is 2. The lowest BCUT2D eigenvalue weighted by Crippen LogP contribution is -2.22. The van der Waals surface area contributed by atoms with Gasteiger partial charge in [-0.25, -0.2) is 0 Å². The first kappa shape index (κ1) is 10.7. The monoisotopic (exact) mass is 184 g/mol. The van der Waals surface area contributed by atoms with Gasteiger partial charge in [0.25, 0.3) is 0 Å². The summed E-state index contributed by atoms with van der Waals surface area (Å²) >= 11 is 0. The van der Waals surface area contributed by atoms with Crippen molar-refractivity contribution < 1.29 is 9.47 Å². The molecule has 0 aliphatic carbocycles. The molecule has 2 heteroatoms. The topological polar surface area (TPSA) is 18.5 Å². The molecule has 1 atom stereocenters. The van der Waals surface area contributed by atoms with Gasteiger partial charge in [-0.3, -0.25) is 0 Å². The van der Waals surface area contributed by atoms with Gasteiger partial charge in [-0.05, 0) is 32.1 Å². The molecule has 0 amide bonds. The van der Waals surface area contributed by atoms with Gasteiger partial charge in [0, 0.05) is 6.61 Å². The van der Waals surface area contributed by atoms with E-state index in [4.69, 9.17) is 9.47 Å². The van der Waals surface area contributed by atoms with Crippen molar-refractivity contribution in [3.63, 3.8) is 0 Å². The average Bonchev–Trinajstić information content (AvgIpc) is 2.19. The van der Waals surface area contributed by atoms with Crippen LogP contribution in [0, 0.1) is 0 Å². The van der Waals surface area contributed by atoms with Crippen molar-refractivity contribution in [2.24, 2.45) is 0 Å². The Morgan fingerprint density at radius 3 is 3.00 bits per heavy atom. The zero-order valence-electron chi connectivity index (χ0n) is 8.55. The highest BCUT2D eigenvalue weighted by Gasteiger charge is 2.13. The highest BCUT2D eigenvalue weighted by molar-refractivity contribution is 4.91. The SMILES string of the molecule is C=C(CC)CCOC1CCCCO1. The molecular weight excluding hydrogens is 164 g/mol. The molecule has 1 rings (SSSR count). The molecule has 0 aromatic heterocycles. The first-order chi connectivity index (χ1) is 6.33. The van der Waals surface area contributed by atoms with E-state index in [-0.39, 0.29) is 6.29 Å². The maximum atomic E-state index is 5.57. The van der Waals surface area contributed by atoms with Gasteiger partial charge in [0.15, 0.2) is 6.29 Å². The molecule has 13 heavy (non-hydrogen) atoms. The molecule has 1 aliphatic heterocycles. The van der Waals surface area contributed by atoms with Crippen LogP contribution in [0.4, 0.5) is 0 Å². The molecule has 0 bridgehead atoms. The molecule has 1 unspecified atom stereocenters. The average molecular weight is 184 g/mol. The van der Waals surface area contributed by atoms with Crippen molar-refractivity contribution in [1.82, 2.24) is 0 Å². The summed E-state index contributed by atoms with van der Waals surface area (Å²) in [6.07, 6.45) is 5.54. The number of hydrogen-bond donors (Lipinski definition) is 0. The standard InChI is InChI=1S/C11H20O2/c1-3-10(2)7-9-13-11-6-4-5-8-12-11/h11H,2-9H2,1H3. The van der Waals surface area contributed by atoms with Gasteiger partial charge in [0.05, 0.1) is 6.61 Å². The molecule has 0 saturated carbocycles. The molecule has 0 radical (unpaired) electrons. The van der Waals surface area contributed by atoms with E-state index < -0.39 is 0 Å². The van der Waals surface area contributed by atoms with Crippen LogP contribution >= 0.6 is 0 Å². The van der Waals surface area contributed by atoms with E-state index in [0.29, 0.717) is 0 Å². The zero-order valence-corrected chi connectivity index (χ0v) is 8.55. The summed E-state index contributed by atoms with van der Waals surface area (Å²) in [5.41, 5.74) is 1.26. The van der Waals surface area contributed by atoms with Crippen LogP contribution in [-0.4, -0.2) is 19.5 Å². The number of hydrogen-bond acceptors (Lipinski definition) is 2. The second-order valence-corrected chi connectivity index (χ2v) is 3.52. The predicted octanol–water partition coefficient (Wildman–Crippen LogP) is 2.89. The fourth-order valence-corrected chi connectivity index (χ4v) is 1.35. The molecule has 0 N–H and O–H groups in total. The van der Waals surface area contributed by atoms with E-state index in [1.165, 1.54) is 18.4 Å². The Bertz CT molecular complexity index is 148. The van der Waals surface area contributed by atoms with E-state index in [1.54, 1.807) is 0 Å². The lowest BCUT2D eigenvalue weighted by molar-refractivity contribution is -0.161. The van der Waals surface area contributed by atoms with Crippen LogP contribution < -0.4 is 0 Å². The Morgan fingerprint density at radius 1 is 1.54 bits per heavy atom. The van der Waals surface area contributed by atoms with Gasteiger partial charge >= 0.3 is 0 Å². The van der Waals surface area contributed by atoms with E-state index in [0.717, 1.165) is 32.5 Å². The van der Waals surface area contributed by atoms with Gasteiger partial charge in [0.1, 0.15) is 0 Å². The molecule has 2 nitrogen and oxygen atoms in total. The maximum absolute atomic E-state index is 5.57. The van der Waals surface area contributed by atoms with E-state index >= 15 is 0 Å². The molecule has 1 heterocycles. The minimum absolute atomic E-state index is 0.0541. The second-order valence-electron chi connectivity index (χ2n) is 3.52. The zero-order chi connectivity index (χ0) is 9.52. The van der Waals surface area contributed by atoms with Crippen LogP contribution in [0.2, 0.25) is 0 Å². The Balaban J connectivity index is 2.01. The Kier molecular flexibility index (Phi) is 5.09. The molecule has 1 aliphatic rings. The van der Waals surface area contributed by atoms with Crippen LogP contribution in [0.15, 0.2) is 12.2 Å². The van der Waals surface area contributed by atoms with Crippen molar-refractivity contribution in [2.45, 2.75) is 45.3 Å². The first-order valence-electron chi connectivity index (χ1n) is 5.22. The lowest BCUT2D eigenvalue weighted by Gasteiger charge is -2.22. The second kappa shape index (κ2) is 6.17. The van der Waals surface area contributed by atoms with Gasteiger partial charge < -0.3 is 9.47 Å². The molecule has 1 saturated heterocycles. The van der Waals surface area contributed by atoms with Crippen LogP contribution in [0.1, 0.15) is 39.0 Å². The smallest absolute Gasteiger partial charge is 0.157 e. The molecule has 0 spiro atoms. The van der Waals surface area contributed by atoms with Gasteiger partial charge in [0.2, 0.25) is 0 Å². The summed E-state index contributed by atoms with van der Waals surface area (Å²) in [5, 5.41) is 0. The minimum atomic E-state index is 0.0541.